The van der Waals surface area contributed by atoms with Crippen LogP contribution in [0.4, 0.5) is 29.1 Å². The second-order valence-corrected chi connectivity index (χ2v) is 10.7. The maximum Gasteiger partial charge on any atom is 0.240 e. The standard InChI is InChI=1S/C28H32F4N8O/c1-4-27(2,40-15-38-24-25(33)36-14-37-26(24)40)17-9-20(16-8-19(30)22(41-3)10-18(16)29)35-12-21(17)39-7-5-6-28(34,13-39)11-23(31)32/h8-10,12,14-15,23H,4-7,11,13,34H2,1-3H3,(H2,33,36,37)/t27?,28-/m0/s1. The molecule has 1 unspecified atom stereocenters. The van der Waals surface area contributed by atoms with Crippen molar-refractivity contribution in [1.82, 2.24) is 24.5 Å². The van der Waals surface area contributed by atoms with E-state index in [2.05, 4.69) is 19.9 Å². The Hall–Kier alpha value is -4.00. The number of benzene rings is 1. The predicted octanol–water partition coefficient (Wildman–Crippen LogP) is 4.88. The topological polar surface area (TPSA) is 121 Å². The van der Waals surface area contributed by atoms with Gasteiger partial charge in [0.1, 0.15) is 17.7 Å². The molecule has 13 heteroatoms. The molecule has 4 heterocycles. The van der Waals surface area contributed by atoms with Gasteiger partial charge in [-0.1, -0.05) is 6.92 Å². The van der Waals surface area contributed by atoms with Crippen LogP contribution in [0.15, 0.2) is 37.1 Å². The van der Waals surface area contributed by atoms with Crippen molar-refractivity contribution in [2.24, 2.45) is 5.73 Å². The molecule has 1 saturated heterocycles. The highest BCUT2D eigenvalue weighted by Crippen LogP contribution is 2.42. The third-order valence-electron chi connectivity index (χ3n) is 8.07. The molecule has 0 bridgehead atoms. The highest BCUT2D eigenvalue weighted by Gasteiger charge is 2.38. The van der Waals surface area contributed by atoms with E-state index >= 15 is 4.39 Å². The van der Waals surface area contributed by atoms with Crippen LogP contribution in [-0.4, -0.2) is 56.7 Å². The number of alkyl halides is 2. The van der Waals surface area contributed by atoms with Crippen molar-refractivity contribution in [3.8, 4) is 17.0 Å². The molecule has 9 nitrogen and oxygen atoms in total. The quantitative estimate of drug-likeness (QED) is 0.287. The largest absolute Gasteiger partial charge is 0.494 e. The summed E-state index contributed by atoms with van der Waals surface area (Å²) in [6.07, 6.45) is 3.11. The van der Waals surface area contributed by atoms with E-state index in [0.717, 1.165) is 12.1 Å². The Bertz CT molecular complexity index is 1580. The normalized spacial score (nSPS) is 19.1. The molecule has 1 aliphatic heterocycles. The molecule has 3 aromatic heterocycles. The molecule has 2 atom stereocenters. The van der Waals surface area contributed by atoms with E-state index in [1.807, 2.05) is 23.3 Å². The number of ether oxygens (including phenoxy) is 1. The van der Waals surface area contributed by atoms with Crippen LogP contribution >= 0.6 is 0 Å². The number of anilines is 2. The molecular formula is C28H32F4N8O. The monoisotopic (exact) mass is 572 g/mol. The Morgan fingerprint density at radius 1 is 1.12 bits per heavy atom. The highest BCUT2D eigenvalue weighted by molar-refractivity contribution is 5.82. The SMILES string of the molecule is CCC(C)(c1cc(-c2cc(F)c(OC)cc2F)ncc1N1CCC[C@](N)(CC(F)F)C1)n1cnc2c(N)ncnc21. The summed E-state index contributed by atoms with van der Waals surface area (Å²) in [7, 11) is 1.26. The third kappa shape index (κ3) is 5.14. The Morgan fingerprint density at radius 2 is 1.90 bits per heavy atom. The van der Waals surface area contributed by atoms with Gasteiger partial charge in [-0.15, -0.1) is 0 Å². The Kier molecular flexibility index (Phi) is 7.49. The number of methoxy groups -OCH3 is 1. The molecule has 5 rings (SSSR count). The van der Waals surface area contributed by atoms with Crippen molar-refractivity contribution in [3.05, 3.63) is 54.2 Å². The molecule has 1 aromatic carbocycles. The number of aromatic nitrogens is 5. The van der Waals surface area contributed by atoms with E-state index in [-0.39, 0.29) is 29.4 Å². The zero-order valence-corrected chi connectivity index (χ0v) is 23.0. The lowest BCUT2D eigenvalue weighted by Gasteiger charge is -2.43. The van der Waals surface area contributed by atoms with Crippen LogP contribution in [0.2, 0.25) is 0 Å². The van der Waals surface area contributed by atoms with Crippen molar-refractivity contribution in [1.29, 1.82) is 0 Å². The molecule has 0 radical (unpaired) electrons. The highest BCUT2D eigenvalue weighted by atomic mass is 19.3. The average molecular weight is 573 g/mol. The number of hydrogen-bond acceptors (Lipinski definition) is 8. The first-order chi connectivity index (χ1) is 19.5. The third-order valence-corrected chi connectivity index (χ3v) is 8.07. The minimum atomic E-state index is -2.55. The van der Waals surface area contributed by atoms with Crippen LogP contribution in [0.3, 0.4) is 0 Å². The first-order valence-electron chi connectivity index (χ1n) is 13.3. The number of imidazole rings is 1. The summed E-state index contributed by atoms with van der Waals surface area (Å²) in [6.45, 7) is 4.66. The maximum absolute atomic E-state index is 15.2. The number of piperidine rings is 1. The van der Waals surface area contributed by atoms with E-state index in [1.165, 1.54) is 13.4 Å². The number of nitrogen functional groups attached to an aromatic ring is 1. The molecule has 4 aromatic rings. The lowest BCUT2D eigenvalue weighted by molar-refractivity contribution is 0.0983. The van der Waals surface area contributed by atoms with E-state index in [1.54, 1.807) is 18.6 Å². The second-order valence-electron chi connectivity index (χ2n) is 10.7. The van der Waals surface area contributed by atoms with Crippen molar-refractivity contribution in [2.75, 3.05) is 30.8 Å². The zero-order chi connectivity index (χ0) is 29.5. The molecule has 218 valence electrons. The summed E-state index contributed by atoms with van der Waals surface area (Å²) in [5.41, 5.74) is 12.9. The fourth-order valence-corrected chi connectivity index (χ4v) is 5.70. The van der Waals surface area contributed by atoms with Crippen molar-refractivity contribution in [3.63, 3.8) is 0 Å². The molecule has 0 saturated carbocycles. The van der Waals surface area contributed by atoms with Crippen LogP contribution < -0.4 is 21.1 Å². The predicted molar refractivity (Wildman–Crippen MR) is 148 cm³/mol. The van der Waals surface area contributed by atoms with Gasteiger partial charge in [-0.3, -0.25) is 4.98 Å². The molecule has 1 fully saturated rings. The van der Waals surface area contributed by atoms with Crippen molar-refractivity contribution in [2.45, 2.75) is 57.0 Å². The smallest absolute Gasteiger partial charge is 0.240 e. The summed E-state index contributed by atoms with van der Waals surface area (Å²) in [5, 5.41) is 0. The van der Waals surface area contributed by atoms with Gasteiger partial charge in [0.25, 0.3) is 0 Å². The summed E-state index contributed by atoms with van der Waals surface area (Å²) in [5.74, 6) is -1.46. The van der Waals surface area contributed by atoms with Gasteiger partial charge in [-0.2, -0.15) is 0 Å². The molecule has 1 aliphatic rings. The van der Waals surface area contributed by atoms with Crippen LogP contribution in [0.5, 0.6) is 5.75 Å². The molecule has 4 N–H and O–H groups in total. The number of hydrogen-bond donors (Lipinski definition) is 2. The average Bonchev–Trinajstić information content (AvgIpc) is 3.39. The molecular weight excluding hydrogens is 540 g/mol. The number of rotatable bonds is 8. The van der Waals surface area contributed by atoms with E-state index in [9.17, 15) is 13.2 Å². The van der Waals surface area contributed by atoms with Crippen LogP contribution in [0, 0.1) is 11.6 Å². The van der Waals surface area contributed by atoms with Crippen LogP contribution in [0.25, 0.3) is 22.4 Å². The lowest BCUT2D eigenvalue weighted by atomic mass is 9.84. The number of nitrogens with two attached hydrogens (primary N) is 2. The summed E-state index contributed by atoms with van der Waals surface area (Å²) in [4.78, 5) is 19.3. The van der Waals surface area contributed by atoms with Gasteiger partial charge in [-0.25, -0.2) is 32.5 Å². The molecule has 0 amide bonds. The van der Waals surface area contributed by atoms with Crippen LogP contribution in [-0.2, 0) is 5.54 Å². The summed E-state index contributed by atoms with van der Waals surface area (Å²) in [6, 6.07) is 3.71. The summed E-state index contributed by atoms with van der Waals surface area (Å²) < 4.78 is 63.5. The Balaban J connectivity index is 1.71. The first kappa shape index (κ1) is 28.5. The van der Waals surface area contributed by atoms with Gasteiger partial charge in [0.15, 0.2) is 23.0 Å². The summed E-state index contributed by atoms with van der Waals surface area (Å²) >= 11 is 0. The van der Waals surface area contributed by atoms with Gasteiger partial charge >= 0.3 is 0 Å². The lowest BCUT2D eigenvalue weighted by Crippen LogP contribution is -2.55. The van der Waals surface area contributed by atoms with Gasteiger partial charge in [0.05, 0.1) is 36.6 Å². The fourth-order valence-electron chi connectivity index (χ4n) is 5.70. The minimum absolute atomic E-state index is 0.0545. The van der Waals surface area contributed by atoms with Gasteiger partial charge in [-0.05, 0) is 38.3 Å². The molecule has 0 aliphatic carbocycles. The zero-order valence-electron chi connectivity index (χ0n) is 23.0. The van der Waals surface area contributed by atoms with Gasteiger partial charge in [0.2, 0.25) is 6.43 Å². The van der Waals surface area contributed by atoms with Gasteiger partial charge in [0, 0.05) is 42.2 Å². The Labute approximate surface area is 234 Å². The van der Waals surface area contributed by atoms with E-state index in [4.69, 9.17) is 16.2 Å². The van der Waals surface area contributed by atoms with Gasteiger partial charge < -0.3 is 25.7 Å². The number of fused-ring (bicyclic) bond motifs is 1. The molecule has 0 spiro atoms. The first-order valence-corrected chi connectivity index (χ1v) is 13.3. The minimum Gasteiger partial charge on any atom is -0.494 e. The second kappa shape index (κ2) is 10.8. The van der Waals surface area contributed by atoms with Crippen LogP contribution in [0.1, 0.15) is 45.1 Å². The van der Waals surface area contributed by atoms with Crippen molar-refractivity contribution >= 4 is 22.7 Å². The fraction of sp³-hybridized carbons (Fsp3) is 0.429. The maximum atomic E-state index is 15.2. The van der Waals surface area contributed by atoms with E-state index in [0.29, 0.717) is 48.2 Å². The number of pyridine rings is 1. The number of nitrogens with zero attached hydrogens (tertiary/aromatic N) is 6. The molecule has 41 heavy (non-hydrogen) atoms. The van der Waals surface area contributed by atoms with Crippen molar-refractivity contribution < 1.29 is 22.3 Å². The van der Waals surface area contributed by atoms with E-state index < -0.39 is 35.6 Å². The number of halogens is 4. The Morgan fingerprint density at radius 3 is 2.61 bits per heavy atom.